The van der Waals surface area contributed by atoms with Gasteiger partial charge in [-0.3, -0.25) is 0 Å². The van der Waals surface area contributed by atoms with Gasteiger partial charge < -0.3 is 5.32 Å². The largest absolute Gasteiger partial charge is 0.316 e. The van der Waals surface area contributed by atoms with Gasteiger partial charge in [0.2, 0.25) is 0 Å². The lowest BCUT2D eigenvalue weighted by molar-refractivity contribution is 0.448. The lowest BCUT2D eigenvalue weighted by atomic mass is 10.0. The number of hydrogen-bond donors (Lipinski definition) is 1. The molecule has 0 fully saturated rings. The lowest BCUT2D eigenvalue weighted by Crippen LogP contribution is -2.04. The molecule has 0 radical (unpaired) electrons. The molecule has 0 amide bonds. The lowest BCUT2D eigenvalue weighted by Gasteiger charge is -2.08. The van der Waals surface area contributed by atoms with Gasteiger partial charge >= 0.3 is 0 Å². The van der Waals surface area contributed by atoms with E-state index in [-0.39, 0.29) is 5.56 Å². The van der Waals surface area contributed by atoms with Crippen molar-refractivity contribution in [3.63, 3.8) is 0 Å². The highest BCUT2D eigenvalue weighted by atomic mass is 35.5. The normalized spacial score (nSPS) is 10.8. The summed E-state index contributed by atoms with van der Waals surface area (Å²) in [5, 5.41) is 3.33. The van der Waals surface area contributed by atoms with Gasteiger partial charge in [-0.05, 0) is 36.4 Å². The minimum absolute atomic E-state index is 0.206. The Morgan fingerprint density at radius 3 is 2.21 bits per heavy atom. The second kappa shape index (κ2) is 5.63. The van der Waals surface area contributed by atoms with Gasteiger partial charge in [0.15, 0.2) is 17.5 Å². The first kappa shape index (κ1) is 13.9. The van der Waals surface area contributed by atoms with E-state index >= 15 is 0 Å². The van der Waals surface area contributed by atoms with Crippen LogP contribution in [-0.4, -0.2) is 7.05 Å². The van der Waals surface area contributed by atoms with Crippen LogP contribution in [0.4, 0.5) is 13.2 Å². The third kappa shape index (κ3) is 2.91. The topological polar surface area (TPSA) is 12.0 Å². The van der Waals surface area contributed by atoms with Crippen molar-refractivity contribution in [2.24, 2.45) is 0 Å². The SMILES string of the molecule is CNCc1ccc(-c2cc(F)c(F)c(F)c2)c(Cl)c1. The van der Waals surface area contributed by atoms with Crippen molar-refractivity contribution in [3.05, 3.63) is 58.4 Å². The van der Waals surface area contributed by atoms with E-state index in [1.54, 1.807) is 25.2 Å². The van der Waals surface area contributed by atoms with Gasteiger partial charge in [-0.25, -0.2) is 13.2 Å². The highest BCUT2D eigenvalue weighted by Crippen LogP contribution is 2.30. The molecule has 0 aromatic heterocycles. The first-order valence-electron chi connectivity index (χ1n) is 5.61. The van der Waals surface area contributed by atoms with E-state index in [9.17, 15) is 13.2 Å². The Kier molecular flexibility index (Phi) is 4.12. The van der Waals surface area contributed by atoms with Gasteiger partial charge in [0.05, 0.1) is 0 Å². The summed E-state index contributed by atoms with van der Waals surface area (Å²) in [7, 11) is 1.80. The average Bonchev–Trinajstić information content (AvgIpc) is 2.36. The molecule has 0 bridgehead atoms. The van der Waals surface area contributed by atoms with Crippen LogP contribution >= 0.6 is 11.6 Å². The Morgan fingerprint density at radius 2 is 1.68 bits per heavy atom. The highest BCUT2D eigenvalue weighted by Gasteiger charge is 2.13. The van der Waals surface area contributed by atoms with Gasteiger partial charge in [0, 0.05) is 17.1 Å². The van der Waals surface area contributed by atoms with Crippen LogP contribution in [-0.2, 0) is 6.54 Å². The standard InChI is InChI=1S/C14H11ClF3N/c1-19-7-8-2-3-10(11(15)4-8)9-5-12(16)14(18)13(17)6-9/h2-6,19H,7H2,1H3. The van der Waals surface area contributed by atoms with Crippen molar-refractivity contribution in [2.45, 2.75) is 6.54 Å². The van der Waals surface area contributed by atoms with Crippen LogP contribution in [0.1, 0.15) is 5.56 Å². The van der Waals surface area contributed by atoms with E-state index in [4.69, 9.17) is 11.6 Å². The maximum Gasteiger partial charge on any atom is 0.194 e. The van der Waals surface area contributed by atoms with Crippen LogP contribution in [0.25, 0.3) is 11.1 Å². The molecular weight excluding hydrogens is 275 g/mol. The molecule has 19 heavy (non-hydrogen) atoms. The van der Waals surface area contributed by atoms with Gasteiger partial charge in [-0.15, -0.1) is 0 Å². The smallest absolute Gasteiger partial charge is 0.194 e. The maximum atomic E-state index is 13.2. The summed E-state index contributed by atoms with van der Waals surface area (Å²) >= 11 is 6.08. The van der Waals surface area contributed by atoms with E-state index in [0.29, 0.717) is 17.1 Å². The number of nitrogens with one attached hydrogen (secondary N) is 1. The predicted molar refractivity (Wildman–Crippen MR) is 69.5 cm³/mol. The van der Waals surface area contributed by atoms with Gasteiger partial charge in [0.1, 0.15) is 0 Å². The maximum absolute atomic E-state index is 13.2. The van der Waals surface area contributed by atoms with Crippen LogP contribution in [0.3, 0.4) is 0 Å². The molecule has 0 aliphatic rings. The van der Waals surface area contributed by atoms with Gasteiger partial charge in [-0.1, -0.05) is 23.7 Å². The molecule has 0 unspecified atom stereocenters. The average molecular weight is 286 g/mol. The Morgan fingerprint density at radius 1 is 1.05 bits per heavy atom. The van der Waals surface area contributed by atoms with E-state index in [0.717, 1.165) is 17.7 Å². The Labute approximate surface area is 114 Å². The molecule has 0 aliphatic carbocycles. The molecule has 5 heteroatoms. The zero-order valence-electron chi connectivity index (χ0n) is 10.1. The number of benzene rings is 2. The van der Waals surface area contributed by atoms with Gasteiger partial charge in [-0.2, -0.15) is 0 Å². The Hall–Kier alpha value is -1.52. The second-order valence-electron chi connectivity index (χ2n) is 4.10. The van der Waals surface area contributed by atoms with Crippen molar-refractivity contribution < 1.29 is 13.2 Å². The zero-order valence-corrected chi connectivity index (χ0v) is 10.9. The molecule has 1 N–H and O–H groups in total. The fourth-order valence-corrected chi connectivity index (χ4v) is 2.13. The molecule has 2 rings (SSSR count). The number of hydrogen-bond acceptors (Lipinski definition) is 1. The van der Waals surface area contributed by atoms with E-state index < -0.39 is 17.5 Å². The quantitative estimate of drug-likeness (QED) is 0.836. The van der Waals surface area contributed by atoms with Gasteiger partial charge in [0.25, 0.3) is 0 Å². The summed E-state index contributed by atoms with van der Waals surface area (Å²) in [6.45, 7) is 0.631. The van der Waals surface area contributed by atoms with Crippen molar-refractivity contribution in [1.82, 2.24) is 5.32 Å². The number of halogens is 4. The van der Waals surface area contributed by atoms with Crippen LogP contribution in [0.2, 0.25) is 5.02 Å². The third-order valence-corrected chi connectivity index (χ3v) is 3.02. The fourth-order valence-electron chi connectivity index (χ4n) is 1.82. The van der Waals surface area contributed by atoms with E-state index in [1.807, 2.05) is 0 Å². The van der Waals surface area contributed by atoms with Crippen LogP contribution in [0.15, 0.2) is 30.3 Å². The summed E-state index contributed by atoms with van der Waals surface area (Å²) < 4.78 is 39.3. The van der Waals surface area contributed by atoms with E-state index in [1.165, 1.54) is 0 Å². The molecule has 0 saturated heterocycles. The third-order valence-electron chi connectivity index (χ3n) is 2.71. The second-order valence-corrected chi connectivity index (χ2v) is 4.51. The summed E-state index contributed by atoms with van der Waals surface area (Å²) in [4.78, 5) is 0. The molecule has 2 aromatic carbocycles. The molecule has 0 saturated carbocycles. The van der Waals surface area contributed by atoms with Crippen molar-refractivity contribution in [3.8, 4) is 11.1 Å². The highest BCUT2D eigenvalue weighted by molar-refractivity contribution is 6.33. The molecule has 1 nitrogen and oxygen atoms in total. The summed E-state index contributed by atoms with van der Waals surface area (Å²) in [6.07, 6.45) is 0. The first-order chi connectivity index (χ1) is 9.02. The minimum atomic E-state index is -1.48. The predicted octanol–water partition coefficient (Wildman–Crippen LogP) is 4.14. The minimum Gasteiger partial charge on any atom is -0.316 e. The van der Waals surface area contributed by atoms with E-state index in [2.05, 4.69) is 5.32 Å². The monoisotopic (exact) mass is 285 g/mol. The fraction of sp³-hybridized carbons (Fsp3) is 0.143. The number of rotatable bonds is 3. The molecule has 2 aromatic rings. The van der Waals surface area contributed by atoms with Crippen LogP contribution < -0.4 is 5.32 Å². The zero-order chi connectivity index (χ0) is 14.0. The first-order valence-corrected chi connectivity index (χ1v) is 5.98. The molecule has 0 atom stereocenters. The molecule has 0 heterocycles. The molecular formula is C14H11ClF3N. The van der Waals surface area contributed by atoms with Crippen molar-refractivity contribution >= 4 is 11.6 Å². The molecule has 100 valence electrons. The summed E-state index contributed by atoms with van der Waals surface area (Å²) in [5.74, 6) is -3.94. The van der Waals surface area contributed by atoms with Crippen molar-refractivity contribution in [1.29, 1.82) is 0 Å². The molecule has 0 spiro atoms. The summed E-state index contributed by atoms with van der Waals surface area (Å²) in [5.41, 5.74) is 1.61. The molecule has 0 aliphatic heterocycles. The summed E-state index contributed by atoms with van der Waals surface area (Å²) in [6, 6.07) is 7.00. The Bertz CT molecular complexity index is 591. The van der Waals surface area contributed by atoms with Crippen LogP contribution in [0, 0.1) is 17.5 Å². The van der Waals surface area contributed by atoms with Crippen LogP contribution in [0.5, 0.6) is 0 Å². The van der Waals surface area contributed by atoms with Crippen molar-refractivity contribution in [2.75, 3.05) is 7.05 Å². The Balaban J connectivity index is 2.47.